The topological polar surface area (TPSA) is 17.1 Å². The molecular formula is C8H5F5OS. The Labute approximate surface area is 84.4 Å². The maximum absolute atomic E-state index is 12.9. The van der Waals surface area contributed by atoms with Gasteiger partial charge in [0.05, 0.1) is 15.7 Å². The predicted molar refractivity (Wildman–Crippen MR) is 43.7 cm³/mol. The van der Waals surface area contributed by atoms with Crippen LogP contribution >= 0.6 is 0 Å². The second-order valence-electron chi connectivity index (χ2n) is 2.66. The maximum atomic E-state index is 12.9. The summed E-state index contributed by atoms with van der Waals surface area (Å²) in [6.45, 7) is 0. The highest BCUT2D eigenvalue weighted by molar-refractivity contribution is 7.85. The van der Waals surface area contributed by atoms with Crippen LogP contribution in [0, 0.1) is 11.6 Å². The molecule has 15 heavy (non-hydrogen) atoms. The monoisotopic (exact) mass is 244 g/mol. The molecule has 1 unspecified atom stereocenters. The zero-order chi connectivity index (χ0) is 11.6. The van der Waals surface area contributed by atoms with E-state index in [0.29, 0.717) is 0 Å². The fourth-order valence-corrected chi connectivity index (χ4v) is 1.87. The quantitative estimate of drug-likeness (QED) is 0.731. The van der Waals surface area contributed by atoms with Crippen LogP contribution in [-0.2, 0) is 10.8 Å². The third kappa shape index (κ3) is 3.26. The zero-order valence-corrected chi connectivity index (χ0v) is 7.96. The van der Waals surface area contributed by atoms with Gasteiger partial charge in [-0.1, -0.05) is 6.07 Å². The molecule has 1 rings (SSSR count). The van der Waals surface area contributed by atoms with E-state index in [4.69, 9.17) is 0 Å². The fraction of sp³-hybridized carbons (Fsp3) is 0.250. The van der Waals surface area contributed by atoms with Gasteiger partial charge in [0.1, 0.15) is 5.75 Å². The first-order valence-corrected chi connectivity index (χ1v) is 5.02. The van der Waals surface area contributed by atoms with Crippen molar-refractivity contribution in [3.8, 4) is 0 Å². The number of alkyl halides is 3. The van der Waals surface area contributed by atoms with E-state index in [1.54, 1.807) is 0 Å². The van der Waals surface area contributed by atoms with E-state index in [2.05, 4.69) is 0 Å². The van der Waals surface area contributed by atoms with Crippen LogP contribution in [0.25, 0.3) is 0 Å². The lowest BCUT2D eigenvalue weighted by molar-refractivity contribution is -0.105. The lowest BCUT2D eigenvalue weighted by atomic mass is 10.3. The van der Waals surface area contributed by atoms with Gasteiger partial charge in [-0.25, -0.2) is 8.78 Å². The second-order valence-corrected chi connectivity index (χ2v) is 4.08. The number of hydrogen-bond acceptors (Lipinski definition) is 1. The molecule has 0 aromatic heterocycles. The predicted octanol–water partition coefficient (Wildman–Crippen LogP) is 2.63. The molecule has 0 spiro atoms. The van der Waals surface area contributed by atoms with Crippen LogP contribution in [0.5, 0.6) is 0 Å². The van der Waals surface area contributed by atoms with Gasteiger partial charge in [-0.15, -0.1) is 0 Å². The van der Waals surface area contributed by atoms with Crippen LogP contribution in [0.15, 0.2) is 23.1 Å². The SMILES string of the molecule is O=S(CC(F)(F)F)c1cccc(F)c1F. The van der Waals surface area contributed by atoms with Crippen molar-refractivity contribution in [1.82, 2.24) is 0 Å². The molecule has 0 amide bonds. The lowest BCUT2D eigenvalue weighted by Gasteiger charge is -2.06. The van der Waals surface area contributed by atoms with E-state index in [9.17, 15) is 26.2 Å². The largest absolute Gasteiger partial charge is 0.400 e. The Kier molecular flexibility index (Phi) is 3.43. The Balaban J connectivity index is 2.97. The van der Waals surface area contributed by atoms with Crippen LogP contribution in [-0.4, -0.2) is 16.1 Å². The molecule has 1 aromatic carbocycles. The lowest BCUT2D eigenvalue weighted by Crippen LogP contribution is -2.19. The summed E-state index contributed by atoms with van der Waals surface area (Å²) in [6.07, 6.45) is -4.68. The third-order valence-corrected chi connectivity index (χ3v) is 2.85. The smallest absolute Gasteiger partial charge is 0.254 e. The van der Waals surface area contributed by atoms with Crippen LogP contribution in [0.4, 0.5) is 22.0 Å². The summed E-state index contributed by atoms with van der Waals surface area (Å²) in [7, 11) is -2.61. The van der Waals surface area contributed by atoms with Gasteiger partial charge in [0.2, 0.25) is 0 Å². The van der Waals surface area contributed by atoms with Crippen molar-refractivity contribution in [1.29, 1.82) is 0 Å². The summed E-state index contributed by atoms with van der Waals surface area (Å²) in [5.41, 5.74) is 0. The van der Waals surface area contributed by atoms with Crippen molar-refractivity contribution in [2.24, 2.45) is 0 Å². The molecule has 7 heteroatoms. The number of rotatable bonds is 2. The average Bonchev–Trinajstić information content (AvgIpc) is 2.06. The molecule has 1 nitrogen and oxygen atoms in total. The van der Waals surface area contributed by atoms with Gasteiger partial charge < -0.3 is 0 Å². The molecule has 84 valence electrons. The fourth-order valence-electron chi connectivity index (χ4n) is 0.886. The molecule has 0 radical (unpaired) electrons. The van der Waals surface area contributed by atoms with E-state index in [1.807, 2.05) is 0 Å². The van der Waals surface area contributed by atoms with Gasteiger partial charge in [0, 0.05) is 0 Å². The highest BCUT2D eigenvalue weighted by Gasteiger charge is 2.32. The van der Waals surface area contributed by atoms with Crippen molar-refractivity contribution in [3.63, 3.8) is 0 Å². The molecule has 0 fully saturated rings. The van der Waals surface area contributed by atoms with E-state index in [0.717, 1.165) is 18.2 Å². The minimum atomic E-state index is -4.68. The molecule has 0 aliphatic heterocycles. The summed E-state index contributed by atoms with van der Waals surface area (Å²) in [5, 5.41) is 0. The summed E-state index contributed by atoms with van der Waals surface area (Å²) in [6, 6.07) is 2.60. The Morgan fingerprint density at radius 1 is 1.20 bits per heavy atom. The number of benzene rings is 1. The number of hydrogen-bond donors (Lipinski definition) is 0. The van der Waals surface area contributed by atoms with Gasteiger partial charge in [0.25, 0.3) is 0 Å². The first-order chi connectivity index (χ1) is 6.81. The molecule has 0 heterocycles. The van der Waals surface area contributed by atoms with Gasteiger partial charge in [0.15, 0.2) is 11.6 Å². The maximum Gasteiger partial charge on any atom is 0.400 e. The van der Waals surface area contributed by atoms with Gasteiger partial charge >= 0.3 is 6.18 Å². The second kappa shape index (κ2) is 4.26. The van der Waals surface area contributed by atoms with Crippen LogP contribution in [0.2, 0.25) is 0 Å². The highest BCUT2D eigenvalue weighted by Crippen LogP contribution is 2.22. The Morgan fingerprint density at radius 2 is 1.80 bits per heavy atom. The minimum Gasteiger partial charge on any atom is -0.254 e. The Hall–Kier alpha value is -0.980. The van der Waals surface area contributed by atoms with Crippen molar-refractivity contribution in [2.75, 3.05) is 5.75 Å². The third-order valence-electron chi connectivity index (χ3n) is 1.46. The Bertz CT molecular complexity index is 387. The van der Waals surface area contributed by atoms with Crippen LogP contribution < -0.4 is 0 Å². The van der Waals surface area contributed by atoms with E-state index in [1.165, 1.54) is 0 Å². The highest BCUT2D eigenvalue weighted by atomic mass is 32.2. The van der Waals surface area contributed by atoms with Gasteiger partial charge in [-0.2, -0.15) is 13.2 Å². The van der Waals surface area contributed by atoms with Gasteiger partial charge in [-0.05, 0) is 12.1 Å². The van der Waals surface area contributed by atoms with Crippen molar-refractivity contribution >= 4 is 10.8 Å². The average molecular weight is 244 g/mol. The molecular weight excluding hydrogens is 239 g/mol. The van der Waals surface area contributed by atoms with Crippen molar-refractivity contribution in [3.05, 3.63) is 29.8 Å². The molecule has 0 saturated carbocycles. The molecule has 1 aromatic rings. The first-order valence-electron chi connectivity index (χ1n) is 3.70. The molecule has 0 aliphatic carbocycles. The molecule has 1 atom stereocenters. The van der Waals surface area contributed by atoms with Crippen LogP contribution in [0.3, 0.4) is 0 Å². The van der Waals surface area contributed by atoms with Gasteiger partial charge in [-0.3, -0.25) is 4.21 Å². The molecule has 0 N–H and O–H groups in total. The van der Waals surface area contributed by atoms with E-state index >= 15 is 0 Å². The van der Waals surface area contributed by atoms with Crippen molar-refractivity contribution in [2.45, 2.75) is 11.1 Å². The zero-order valence-electron chi connectivity index (χ0n) is 7.15. The standard InChI is InChI=1S/C8H5F5OS/c9-5-2-1-3-6(7(5)10)15(14)4-8(11,12)13/h1-3H,4H2. The van der Waals surface area contributed by atoms with Crippen LogP contribution in [0.1, 0.15) is 0 Å². The summed E-state index contributed by atoms with van der Waals surface area (Å²) >= 11 is 0. The molecule has 0 aliphatic rings. The first kappa shape index (κ1) is 12.1. The summed E-state index contributed by atoms with van der Waals surface area (Å²) in [4.78, 5) is -0.771. The Morgan fingerprint density at radius 3 is 2.33 bits per heavy atom. The summed E-state index contributed by atoms with van der Waals surface area (Å²) < 4.78 is 71.9. The minimum absolute atomic E-state index is 0.740. The molecule has 0 saturated heterocycles. The number of halogens is 5. The van der Waals surface area contributed by atoms with E-state index in [-0.39, 0.29) is 0 Å². The van der Waals surface area contributed by atoms with E-state index < -0.39 is 39.3 Å². The summed E-state index contributed by atoms with van der Waals surface area (Å²) in [5.74, 6) is -4.50. The normalized spacial score (nSPS) is 13.9. The van der Waals surface area contributed by atoms with Crippen molar-refractivity contribution < 1.29 is 26.2 Å². The molecule has 0 bridgehead atoms.